The fourth-order valence-electron chi connectivity index (χ4n) is 4.04. The zero-order chi connectivity index (χ0) is 21.3. The lowest BCUT2D eigenvalue weighted by molar-refractivity contribution is -0.121. The minimum absolute atomic E-state index is 0.0225. The van der Waals surface area contributed by atoms with E-state index in [0.717, 1.165) is 44.7 Å². The fourth-order valence-corrected chi connectivity index (χ4v) is 4.04. The highest BCUT2D eigenvalue weighted by molar-refractivity contribution is 5.76. The van der Waals surface area contributed by atoms with Crippen LogP contribution in [0.3, 0.4) is 0 Å². The first kappa shape index (κ1) is 22.4. The molecule has 30 heavy (non-hydrogen) atoms. The second-order valence-electron chi connectivity index (χ2n) is 7.97. The lowest BCUT2D eigenvalue weighted by Crippen LogP contribution is -2.52. The first-order valence-electron chi connectivity index (χ1n) is 11.1. The third-order valence-electron chi connectivity index (χ3n) is 5.96. The molecule has 1 atom stereocenters. The number of nitrogens with zero attached hydrogens (tertiary/aromatic N) is 3. The van der Waals surface area contributed by atoms with E-state index in [1.54, 1.807) is 0 Å². The molecule has 1 aromatic carbocycles. The van der Waals surface area contributed by atoms with Crippen molar-refractivity contribution in [1.82, 2.24) is 20.4 Å². The predicted molar refractivity (Wildman–Crippen MR) is 116 cm³/mol. The Morgan fingerprint density at radius 2 is 1.87 bits per heavy atom. The number of ether oxygens (including phenoxy) is 1. The summed E-state index contributed by atoms with van der Waals surface area (Å²) in [5.74, 6) is 1.64. The van der Waals surface area contributed by atoms with Gasteiger partial charge >= 0.3 is 0 Å². The largest absolute Gasteiger partial charge is 0.379 e. The number of carbonyl (C=O) groups excluding carboxylic acids is 1. The van der Waals surface area contributed by atoms with Gasteiger partial charge in [0.05, 0.1) is 13.2 Å². The number of hydrogen-bond acceptors (Lipinski definition) is 6. The molecular weight excluding hydrogens is 380 g/mol. The standard InChI is InChI=1S/C23H34N4O3/c1-4-18(5-2)20(27-12-14-29-15-13-27)16-24-21(28)10-11-22-25-23(26-30-22)19-8-6-17(3)7-9-19/h6-9,18,20H,4-5,10-16H2,1-3H3,(H,24,28). The summed E-state index contributed by atoms with van der Waals surface area (Å²) in [4.78, 5) is 19.4. The zero-order valence-corrected chi connectivity index (χ0v) is 18.4. The highest BCUT2D eigenvalue weighted by Crippen LogP contribution is 2.20. The molecule has 1 aromatic heterocycles. The summed E-state index contributed by atoms with van der Waals surface area (Å²) in [6.07, 6.45) is 3.00. The number of benzene rings is 1. The molecule has 164 valence electrons. The lowest BCUT2D eigenvalue weighted by Gasteiger charge is -2.38. The summed E-state index contributed by atoms with van der Waals surface area (Å²) in [6.45, 7) is 10.6. The van der Waals surface area contributed by atoms with Crippen LogP contribution in [0.25, 0.3) is 11.4 Å². The Hall–Kier alpha value is -2.25. The van der Waals surface area contributed by atoms with E-state index >= 15 is 0 Å². The van der Waals surface area contributed by atoms with Crippen molar-refractivity contribution in [3.63, 3.8) is 0 Å². The number of aryl methyl sites for hydroxylation is 2. The molecule has 0 bridgehead atoms. The van der Waals surface area contributed by atoms with Gasteiger partial charge in [-0.3, -0.25) is 9.69 Å². The van der Waals surface area contributed by atoms with E-state index in [4.69, 9.17) is 9.26 Å². The molecule has 7 heteroatoms. The van der Waals surface area contributed by atoms with Gasteiger partial charge in [-0.05, 0) is 12.8 Å². The average molecular weight is 415 g/mol. The van der Waals surface area contributed by atoms with Crippen molar-refractivity contribution in [3.8, 4) is 11.4 Å². The van der Waals surface area contributed by atoms with Crippen molar-refractivity contribution in [1.29, 1.82) is 0 Å². The molecule has 0 saturated carbocycles. The Morgan fingerprint density at radius 3 is 2.53 bits per heavy atom. The third-order valence-corrected chi connectivity index (χ3v) is 5.96. The quantitative estimate of drug-likeness (QED) is 0.643. The molecule has 1 unspecified atom stereocenters. The van der Waals surface area contributed by atoms with E-state index < -0.39 is 0 Å². The van der Waals surface area contributed by atoms with Crippen LogP contribution in [0, 0.1) is 12.8 Å². The van der Waals surface area contributed by atoms with Gasteiger partial charge in [0.1, 0.15) is 0 Å². The Bertz CT molecular complexity index is 780. The molecule has 2 heterocycles. The smallest absolute Gasteiger partial charge is 0.227 e. The average Bonchev–Trinajstić information content (AvgIpc) is 3.25. The van der Waals surface area contributed by atoms with Gasteiger partial charge in [0, 0.05) is 44.1 Å². The van der Waals surface area contributed by atoms with Gasteiger partial charge in [-0.15, -0.1) is 0 Å². The molecule has 3 rings (SSSR count). The summed E-state index contributed by atoms with van der Waals surface area (Å²) in [6, 6.07) is 8.33. The molecule has 0 radical (unpaired) electrons. The number of rotatable bonds is 10. The van der Waals surface area contributed by atoms with E-state index in [1.807, 2.05) is 31.2 Å². The van der Waals surface area contributed by atoms with Crippen LogP contribution in [-0.4, -0.2) is 59.8 Å². The topological polar surface area (TPSA) is 80.5 Å². The summed E-state index contributed by atoms with van der Waals surface area (Å²) >= 11 is 0. The molecule has 1 fully saturated rings. The molecule has 7 nitrogen and oxygen atoms in total. The molecule has 1 N–H and O–H groups in total. The minimum Gasteiger partial charge on any atom is -0.379 e. The number of aromatic nitrogens is 2. The van der Waals surface area contributed by atoms with E-state index in [0.29, 0.717) is 43.1 Å². The molecular formula is C23H34N4O3. The molecule has 1 saturated heterocycles. The first-order valence-corrected chi connectivity index (χ1v) is 11.1. The monoisotopic (exact) mass is 414 g/mol. The summed E-state index contributed by atoms with van der Waals surface area (Å²) in [7, 11) is 0. The highest BCUT2D eigenvalue weighted by atomic mass is 16.5. The van der Waals surface area contributed by atoms with Gasteiger partial charge < -0.3 is 14.6 Å². The van der Waals surface area contributed by atoms with Crippen molar-refractivity contribution in [3.05, 3.63) is 35.7 Å². The van der Waals surface area contributed by atoms with Crippen molar-refractivity contribution in [2.75, 3.05) is 32.8 Å². The molecule has 1 aliphatic heterocycles. The van der Waals surface area contributed by atoms with Crippen molar-refractivity contribution >= 4 is 5.91 Å². The molecule has 0 spiro atoms. The predicted octanol–water partition coefficient (Wildman–Crippen LogP) is 3.23. The van der Waals surface area contributed by atoms with Crippen molar-refractivity contribution in [2.24, 2.45) is 5.92 Å². The van der Waals surface area contributed by atoms with E-state index in [9.17, 15) is 4.79 Å². The molecule has 1 aliphatic rings. The second kappa shape index (κ2) is 11.2. The van der Waals surface area contributed by atoms with Crippen molar-refractivity contribution in [2.45, 2.75) is 52.5 Å². The van der Waals surface area contributed by atoms with Crippen LogP contribution < -0.4 is 5.32 Å². The number of hydrogen-bond donors (Lipinski definition) is 1. The number of amides is 1. The van der Waals surface area contributed by atoms with Crippen LogP contribution in [-0.2, 0) is 16.0 Å². The molecule has 0 aliphatic carbocycles. The maximum Gasteiger partial charge on any atom is 0.227 e. The lowest BCUT2D eigenvalue weighted by atomic mass is 9.92. The van der Waals surface area contributed by atoms with E-state index in [2.05, 4.69) is 34.2 Å². The fraction of sp³-hybridized carbons (Fsp3) is 0.609. The first-order chi connectivity index (χ1) is 14.6. The van der Waals surface area contributed by atoms with Crippen LogP contribution >= 0.6 is 0 Å². The molecule has 1 amide bonds. The Balaban J connectivity index is 1.50. The van der Waals surface area contributed by atoms with Gasteiger partial charge in [-0.2, -0.15) is 4.98 Å². The van der Waals surface area contributed by atoms with Crippen LogP contribution in [0.2, 0.25) is 0 Å². The zero-order valence-electron chi connectivity index (χ0n) is 18.4. The number of morpholine rings is 1. The second-order valence-corrected chi connectivity index (χ2v) is 7.97. The Labute approximate surface area is 179 Å². The minimum atomic E-state index is 0.0225. The SMILES string of the molecule is CCC(CC)C(CNC(=O)CCc1nc(-c2ccc(C)cc2)no1)N1CCOCC1. The Morgan fingerprint density at radius 1 is 1.17 bits per heavy atom. The van der Waals surface area contributed by atoms with E-state index in [-0.39, 0.29) is 5.91 Å². The van der Waals surface area contributed by atoms with Gasteiger partial charge in [0.15, 0.2) is 0 Å². The van der Waals surface area contributed by atoms with Crippen LogP contribution in [0.5, 0.6) is 0 Å². The third kappa shape index (κ3) is 6.12. The van der Waals surface area contributed by atoms with Gasteiger partial charge in [-0.1, -0.05) is 61.7 Å². The molecule has 2 aromatic rings. The summed E-state index contributed by atoms with van der Waals surface area (Å²) in [5.41, 5.74) is 2.10. The van der Waals surface area contributed by atoms with Gasteiger partial charge in [0.2, 0.25) is 17.6 Å². The highest BCUT2D eigenvalue weighted by Gasteiger charge is 2.27. The maximum absolute atomic E-state index is 12.5. The van der Waals surface area contributed by atoms with Crippen LogP contribution in [0.1, 0.15) is 44.6 Å². The normalized spacial score (nSPS) is 16.0. The summed E-state index contributed by atoms with van der Waals surface area (Å²) in [5, 5.41) is 7.17. The summed E-state index contributed by atoms with van der Waals surface area (Å²) < 4.78 is 10.8. The van der Waals surface area contributed by atoms with Gasteiger partial charge in [0.25, 0.3) is 0 Å². The van der Waals surface area contributed by atoms with Crippen molar-refractivity contribution < 1.29 is 14.1 Å². The number of carbonyl (C=O) groups is 1. The Kier molecular flexibility index (Phi) is 8.39. The maximum atomic E-state index is 12.5. The number of nitrogens with one attached hydrogen (secondary N) is 1. The van der Waals surface area contributed by atoms with Crippen LogP contribution in [0.4, 0.5) is 0 Å². The van der Waals surface area contributed by atoms with Crippen LogP contribution in [0.15, 0.2) is 28.8 Å². The van der Waals surface area contributed by atoms with Gasteiger partial charge in [-0.25, -0.2) is 0 Å². The van der Waals surface area contributed by atoms with E-state index in [1.165, 1.54) is 5.56 Å².